The predicted molar refractivity (Wildman–Crippen MR) is 76.9 cm³/mol. The van der Waals surface area contributed by atoms with Gasteiger partial charge in [-0.2, -0.15) is 5.26 Å². The highest BCUT2D eigenvalue weighted by Crippen LogP contribution is 2.15. The number of aliphatic hydroxyl groups is 1. The Morgan fingerprint density at radius 2 is 2.20 bits per heavy atom. The second-order valence-corrected chi connectivity index (χ2v) is 4.62. The Morgan fingerprint density at radius 3 is 2.80 bits per heavy atom. The summed E-state index contributed by atoms with van der Waals surface area (Å²) >= 11 is 0. The number of rotatable bonds is 3. The van der Waals surface area contributed by atoms with Gasteiger partial charge in [-0.25, -0.2) is 0 Å². The number of aliphatic hydroxyl groups excluding tert-OH is 1. The molecule has 0 aromatic heterocycles. The molecule has 4 nitrogen and oxygen atoms in total. The maximum atomic E-state index is 12.4. The largest absolute Gasteiger partial charge is 0.384 e. The van der Waals surface area contributed by atoms with Crippen molar-refractivity contribution < 1.29 is 9.90 Å². The molecule has 0 heterocycles. The lowest BCUT2D eigenvalue weighted by Gasteiger charge is -2.23. The van der Waals surface area contributed by atoms with Crippen LogP contribution in [0, 0.1) is 30.1 Å². The van der Waals surface area contributed by atoms with Gasteiger partial charge >= 0.3 is 0 Å². The summed E-state index contributed by atoms with van der Waals surface area (Å²) in [6.45, 7) is 3.49. The van der Waals surface area contributed by atoms with Crippen LogP contribution in [0.15, 0.2) is 18.2 Å². The van der Waals surface area contributed by atoms with Crippen molar-refractivity contribution in [3.63, 3.8) is 0 Å². The highest BCUT2D eigenvalue weighted by Gasteiger charge is 2.19. The molecule has 1 rings (SSSR count). The SMILES string of the molecule is Cc1ccc(C#CCO)cc1C(=O)N(C)C(C)CC#N. The molecule has 0 spiro atoms. The first-order chi connectivity index (χ1) is 9.51. The van der Waals surface area contributed by atoms with Gasteiger partial charge in [-0.15, -0.1) is 0 Å². The van der Waals surface area contributed by atoms with Crippen molar-refractivity contribution in [2.75, 3.05) is 13.7 Å². The summed E-state index contributed by atoms with van der Waals surface area (Å²) in [6, 6.07) is 7.29. The molecule has 104 valence electrons. The number of benzene rings is 1. The van der Waals surface area contributed by atoms with Gasteiger partial charge in [0.15, 0.2) is 0 Å². The Labute approximate surface area is 119 Å². The van der Waals surface area contributed by atoms with Gasteiger partial charge in [0.05, 0.1) is 12.5 Å². The first-order valence-corrected chi connectivity index (χ1v) is 6.35. The van der Waals surface area contributed by atoms with Gasteiger partial charge in [-0.1, -0.05) is 17.9 Å². The van der Waals surface area contributed by atoms with E-state index >= 15 is 0 Å². The molecule has 0 aliphatic rings. The Balaban J connectivity index is 3.06. The molecule has 1 atom stereocenters. The van der Waals surface area contributed by atoms with Crippen LogP contribution >= 0.6 is 0 Å². The van der Waals surface area contributed by atoms with Crippen LogP contribution in [-0.4, -0.2) is 35.6 Å². The fraction of sp³-hybridized carbons (Fsp3) is 0.375. The second kappa shape index (κ2) is 7.33. The minimum absolute atomic E-state index is 0.127. The van der Waals surface area contributed by atoms with Crippen molar-refractivity contribution in [1.29, 1.82) is 5.26 Å². The van der Waals surface area contributed by atoms with Crippen molar-refractivity contribution in [3.05, 3.63) is 34.9 Å². The van der Waals surface area contributed by atoms with E-state index in [0.717, 1.165) is 5.56 Å². The monoisotopic (exact) mass is 270 g/mol. The number of nitrogens with zero attached hydrogens (tertiary/aromatic N) is 2. The molecule has 0 aliphatic carbocycles. The molecule has 0 saturated carbocycles. The summed E-state index contributed by atoms with van der Waals surface area (Å²) in [5, 5.41) is 17.4. The molecule has 0 bridgehead atoms. The Kier molecular flexibility index (Phi) is 5.77. The lowest BCUT2D eigenvalue weighted by atomic mass is 10.0. The highest BCUT2D eigenvalue weighted by atomic mass is 16.2. The lowest BCUT2D eigenvalue weighted by Crippen LogP contribution is -2.35. The molecule has 20 heavy (non-hydrogen) atoms. The molecule has 0 fully saturated rings. The molecule has 0 aliphatic heterocycles. The quantitative estimate of drug-likeness (QED) is 0.850. The minimum Gasteiger partial charge on any atom is -0.384 e. The van der Waals surface area contributed by atoms with Gasteiger partial charge in [0.2, 0.25) is 0 Å². The summed E-state index contributed by atoms with van der Waals surface area (Å²) < 4.78 is 0. The third-order valence-electron chi connectivity index (χ3n) is 3.15. The number of carbonyl (C=O) groups excluding carboxylic acids is 1. The number of aryl methyl sites for hydroxylation is 1. The first-order valence-electron chi connectivity index (χ1n) is 6.35. The normalized spacial score (nSPS) is 10.9. The number of hydrogen-bond acceptors (Lipinski definition) is 3. The van der Waals surface area contributed by atoms with E-state index in [1.807, 2.05) is 26.0 Å². The van der Waals surface area contributed by atoms with E-state index in [1.54, 1.807) is 18.0 Å². The topological polar surface area (TPSA) is 64.3 Å². The van der Waals surface area contributed by atoms with E-state index in [1.165, 1.54) is 0 Å². The minimum atomic E-state index is -0.212. The van der Waals surface area contributed by atoms with E-state index in [9.17, 15) is 4.79 Å². The molecule has 1 N–H and O–H groups in total. The van der Waals surface area contributed by atoms with Gasteiger partial charge in [0.1, 0.15) is 6.61 Å². The molecular weight excluding hydrogens is 252 g/mol. The summed E-state index contributed by atoms with van der Waals surface area (Å²) in [5.41, 5.74) is 2.12. The van der Waals surface area contributed by atoms with Crippen LogP contribution in [0.25, 0.3) is 0 Å². The predicted octanol–water partition coefficient (Wildman–Crippen LogP) is 1.71. The molecule has 0 radical (unpaired) electrons. The number of nitriles is 1. The molecule has 1 unspecified atom stereocenters. The van der Waals surface area contributed by atoms with Crippen molar-refractivity contribution in [2.45, 2.75) is 26.3 Å². The standard InChI is InChI=1S/C16H18N2O2/c1-12-6-7-14(5-4-10-19)11-15(12)16(20)18(3)13(2)8-9-17/h6-7,11,13,19H,8,10H2,1-3H3. The van der Waals surface area contributed by atoms with Gasteiger partial charge in [0, 0.05) is 24.2 Å². The maximum Gasteiger partial charge on any atom is 0.254 e. The van der Waals surface area contributed by atoms with E-state index in [2.05, 4.69) is 17.9 Å². The third-order valence-corrected chi connectivity index (χ3v) is 3.15. The van der Waals surface area contributed by atoms with Crippen LogP contribution in [0.3, 0.4) is 0 Å². The zero-order valence-corrected chi connectivity index (χ0v) is 12.0. The van der Waals surface area contributed by atoms with E-state index in [0.29, 0.717) is 17.5 Å². The molecule has 1 aromatic rings. The Bertz CT molecular complexity index is 591. The molecule has 4 heteroatoms. The summed E-state index contributed by atoms with van der Waals surface area (Å²) in [5.74, 6) is 5.22. The number of carbonyl (C=O) groups is 1. The van der Waals surface area contributed by atoms with Crippen LogP contribution in [0.4, 0.5) is 0 Å². The molecular formula is C16H18N2O2. The fourth-order valence-corrected chi connectivity index (χ4v) is 1.73. The van der Waals surface area contributed by atoms with Crippen molar-refractivity contribution >= 4 is 5.91 Å². The van der Waals surface area contributed by atoms with Crippen LogP contribution in [0.1, 0.15) is 34.8 Å². The van der Waals surface area contributed by atoms with E-state index in [-0.39, 0.29) is 18.6 Å². The Hall–Kier alpha value is -2.30. The van der Waals surface area contributed by atoms with Gasteiger partial charge in [-0.05, 0) is 31.5 Å². The van der Waals surface area contributed by atoms with Crippen LogP contribution in [-0.2, 0) is 0 Å². The van der Waals surface area contributed by atoms with Gasteiger partial charge in [0.25, 0.3) is 5.91 Å². The third kappa shape index (κ3) is 3.85. The smallest absolute Gasteiger partial charge is 0.254 e. The first kappa shape index (κ1) is 15.8. The molecule has 1 aromatic carbocycles. The zero-order valence-electron chi connectivity index (χ0n) is 12.0. The fourth-order valence-electron chi connectivity index (χ4n) is 1.73. The number of hydrogen-bond donors (Lipinski definition) is 1. The summed E-state index contributed by atoms with van der Waals surface area (Å²) in [6.07, 6.45) is 0.297. The summed E-state index contributed by atoms with van der Waals surface area (Å²) in [4.78, 5) is 14.0. The lowest BCUT2D eigenvalue weighted by molar-refractivity contribution is 0.0745. The van der Waals surface area contributed by atoms with Crippen molar-refractivity contribution in [1.82, 2.24) is 4.90 Å². The van der Waals surface area contributed by atoms with Crippen LogP contribution < -0.4 is 0 Å². The average molecular weight is 270 g/mol. The van der Waals surface area contributed by atoms with E-state index in [4.69, 9.17) is 10.4 Å². The van der Waals surface area contributed by atoms with Crippen LogP contribution in [0.5, 0.6) is 0 Å². The average Bonchev–Trinajstić information content (AvgIpc) is 2.45. The van der Waals surface area contributed by atoms with Crippen molar-refractivity contribution in [2.24, 2.45) is 0 Å². The summed E-state index contributed by atoms with van der Waals surface area (Å²) in [7, 11) is 1.69. The van der Waals surface area contributed by atoms with Crippen LogP contribution in [0.2, 0.25) is 0 Å². The molecule has 0 saturated heterocycles. The number of amides is 1. The Morgan fingerprint density at radius 1 is 1.50 bits per heavy atom. The maximum absolute atomic E-state index is 12.4. The van der Waals surface area contributed by atoms with E-state index < -0.39 is 0 Å². The zero-order chi connectivity index (χ0) is 15.1. The molecule has 1 amide bonds. The van der Waals surface area contributed by atoms with Crippen molar-refractivity contribution in [3.8, 4) is 17.9 Å². The highest BCUT2D eigenvalue weighted by molar-refractivity contribution is 5.96. The van der Waals surface area contributed by atoms with Gasteiger partial charge < -0.3 is 10.0 Å². The second-order valence-electron chi connectivity index (χ2n) is 4.62. The van der Waals surface area contributed by atoms with Gasteiger partial charge in [-0.3, -0.25) is 4.79 Å².